The smallest absolute Gasteiger partial charge is 0.434 e. The normalized spacial score (nSPS) is 14.3. The summed E-state index contributed by atoms with van der Waals surface area (Å²) < 4.78 is 10.3. The highest BCUT2D eigenvalue weighted by molar-refractivity contribution is 5.60. The fourth-order valence-corrected chi connectivity index (χ4v) is 1.44. The molecule has 0 radical (unpaired) electrons. The number of ether oxygens (including phenoxy) is 2. The van der Waals surface area contributed by atoms with Crippen LogP contribution in [0.15, 0.2) is 12.7 Å². The van der Waals surface area contributed by atoms with Gasteiger partial charge in [-0.1, -0.05) is 40.7 Å². The van der Waals surface area contributed by atoms with Crippen LogP contribution in [0.1, 0.15) is 47.0 Å². The Morgan fingerprint density at radius 2 is 2.06 bits per heavy atom. The second-order valence-electron chi connectivity index (χ2n) is 4.43. The van der Waals surface area contributed by atoms with Crippen molar-refractivity contribution in [3.05, 3.63) is 12.7 Å². The molecule has 0 bridgehead atoms. The first-order valence-electron chi connectivity index (χ1n) is 5.99. The Morgan fingerprint density at radius 1 is 1.44 bits per heavy atom. The predicted molar refractivity (Wildman–Crippen MR) is 65.4 cm³/mol. The van der Waals surface area contributed by atoms with Gasteiger partial charge in [0.25, 0.3) is 0 Å². The number of rotatable bonds is 7. The topological polar surface area (TPSA) is 35.5 Å². The standard InChI is InChI=1S/C13H24O3/c1-6-9-13(7-2,8-3)16-12(14)15-10-11(4)5/h7,11H,2,6,8-10H2,1,3-5H3. The van der Waals surface area contributed by atoms with Gasteiger partial charge in [-0.3, -0.25) is 0 Å². The maximum atomic E-state index is 11.5. The van der Waals surface area contributed by atoms with Gasteiger partial charge in [-0.05, 0) is 24.8 Å². The Morgan fingerprint density at radius 3 is 2.44 bits per heavy atom. The van der Waals surface area contributed by atoms with Crippen LogP contribution >= 0.6 is 0 Å². The summed E-state index contributed by atoms with van der Waals surface area (Å²) in [5.74, 6) is 0.318. The molecule has 94 valence electrons. The molecule has 16 heavy (non-hydrogen) atoms. The number of carbonyl (C=O) groups is 1. The van der Waals surface area contributed by atoms with E-state index < -0.39 is 11.8 Å². The Balaban J connectivity index is 4.28. The minimum atomic E-state index is -0.594. The molecule has 0 fully saturated rings. The highest BCUT2D eigenvalue weighted by atomic mass is 16.7. The molecular weight excluding hydrogens is 204 g/mol. The van der Waals surface area contributed by atoms with E-state index in [1.54, 1.807) is 6.08 Å². The fraction of sp³-hybridized carbons (Fsp3) is 0.769. The first-order chi connectivity index (χ1) is 7.49. The molecule has 0 rings (SSSR count). The molecule has 0 aliphatic carbocycles. The molecule has 0 heterocycles. The van der Waals surface area contributed by atoms with Crippen molar-refractivity contribution in [2.75, 3.05) is 6.61 Å². The maximum Gasteiger partial charge on any atom is 0.509 e. The Bertz CT molecular complexity index is 223. The molecule has 0 aromatic rings. The van der Waals surface area contributed by atoms with E-state index in [4.69, 9.17) is 9.47 Å². The summed E-state index contributed by atoms with van der Waals surface area (Å²) in [6, 6.07) is 0. The summed E-state index contributed by atoms with van der Waals surface area (Å²) in [7, 11) is 0. The van der Waals surface area contributed by atoms with E-state index in [9.17, 15) is 4.79 Å². The summed E-state index contributed by atoms with van der Waals surface area (Å²) in [6.45, 7) is 12.1. The zero-order chi connectivity index (χ0) is 12.6. The lowest BCUT2D eigenvalue weighted by Crippen LogP contribution is -2.32. The Hall–Kier alpha value is -0.990. The lowest BCUT2D eigenvalue weighted by atomic mass is 9.95. The van der Waals surface area contributed by atoms with Crippen LogP contribution < -0.4 is 0 Å². The molecule has 0 aliphatic rings. The minimum absolute atomic E-state index is 0.318. The molecule has 0 aromatic heterocycles. The third-order valence-corrected chi connectivity index (χ3v) is 2.46. The largest absolute Gasteiger partial charge is 0.509 e. The van der Waals surface area contributed by atoms with Gasteiger partial charge in [0.2, 0.25) is 0 Å². The summed E-state index contributed by atoms with van der Waals surface area (Å²) in [5.41, 5.74) is -0.567. The first kappa shape index (κ1) is 15.0. The first-order valence-corrected chi connectivity index (χ1v) is 5.99. The van der Waals surface area contributed by atoms with Gasteiger partial charge in [0.1, 0.15) is 5.60 Å². The van der Waals surface area contributed by atoms with Crippen LogP contribution in [-0.4, -0.2) is 18.4 Å². The minimum Gasteiger partial charge on any atom is -0.434 e. The molecule has 0 spiro atoms. The third-order valence-electron chi connectivity index (χ3n) is 2.46. The summed E-state index contributed by atoms with van der Waals surface area (Å²) >= 11 is 0. The summed E-state index contributed by atoms with van der Waals surface area (Å²) in [4.78, 5) is 11.5. The molecule has 0 amide bonds. The van der Waals surface area contributed by atoms with Crippen molar-refractivity contribution in [3.63, 3.8) is 0 Å². The van der Waals surface area contributed by atoms with E-state index >= 15 is 0 Å². The molecule has 0 saturated carbocycles. The molecule has 1 atom stereocenters. The molecule has 1 unspecified atom stereocenters. The fourth-order valence-electron chi connectivity index (χ4n) is 1.44. The van der Waals surface area contributed by atoms with Gasteiger partial charge in [-0.15, -0.1) is 0 Å². The van der Waals surface area contributed by atoms with E-state index in [0.29, 0.717) is 12.5 Å². The Kier molecular flexibility index (Phi) is 6.86. The van der Waals surface area contributed by atoms with Crippen LogP contribution in [-0.2, 0) is 9.47 Å². The summed E-state index contributed by atoms with van der Waals surface area (Å²) in [6.07, 6.45) is 3.55. The van der Waals surface area contributed by atoms with Crippen LogP contribution in [0.25, 0.3) is 0 Å². The van der Waals surface area contributed by atoms with Crippen molar-refractivity contribution >= 4 is 6.16 Å². The van der Waals surface area contributed by atoms with E-state index in [2.05, 4.69) is 13.5 Å². The molecule has 3 heteroatoms. The zero-order valence-corrected chi connectivity index (χ0v) is 10.9. The van der Waals surface area contributed by atoms with Crippen LogP contribution in [0, 0.1) is 5.92 Å². The third kappa shape index (κ3) is 5.19. The molecule has 0 saturated heterocycles. The van der Waals surface area contributed by atoms with E-state index in [0.717, 1.165) is 19.3 Å². The molecular formula is C13H24O3. The number of hydrogen-bond acceptors (Lipinski definition) is 3. The lowest BCUT2D eigenvalue weighted by Gasteiger charge is -2.28. The Labute approximate surface area is 98.8 Å². The van der Waals surface area contributed by atoms with Crippen LogP contribution in [0.4, 0.5) is 4.79 Å². The quantitative estimate of drug-likeness (QED) is 0.489. The van der Waals surface area contributed by atoms with Gasteiger partial charge >= 0.3 is 6.16 Å². The number of hydrogen-bond donors (Lipinski definition) is 0. The maximum absolute atomic E-state index is 11.5. The van der Waals surface area contributed by atoms with Gasteiger partial charge in [-0.25, -0.2) is 4.79 Å². The SMILES string of the molecule is C=CC(CC)(CCC)OC(=O)OCC(C)C. The van der Waals surface area contributed by atoms with Gasteiger partial charge in [0.15, 0.2) is 0 Å². The zero-order valence-electron chi connectivity index (χ0n) is 10.9. The highest BCUT2D eigenvalue weighted by Gasteiger charge is 2.28. The molecule has 0 N–H and O–H groups in total. The molecule has 3 nitrogen and oxygen atoms in total. The van der Waals surface area contributed by atoms with E-state index in [-0.39, 0.29) is 0 Å². The van der Waals surface area contributed by atoms with E-state index in [1.807, 2.05) is 20.8 Å². The lowest BCUT2D eigenvalue weighted by molar-refractivity contribution is -0.0204. The van der Waals surface area contributed by atoms with Crippen molar-refractivity contribution in [3.8, 4) is 0 Å². The van der Waals surface area contributed by atoms with Gasteiger partial charge in [-0.2, -0.15) is 0 Å². The summed E-state index contributed by atoms with van der Waals surface area (Å²) in [5, 5.41) is 0. The highest BCUT2D eigenvalue weighted by Crippen LogP contribution is 2.24. The van der Waals surface area contributed by atoms with Crippen molar-refractivity contribution in [2.24, 2.45) is 5.92 Å². The number of carbonyl (C=O) groups excluding carboxylic acids is 1. The molecule has 0 aromatic carbocycles. The van der Waals surface area contributed by atoms with Crippen molar-refractivity contribution < 1.29 is 14.3 Å². The van der Waals surface area contributed by atoms with Crippen LogP contribution in [0.3, 0.4) is 0 Å². The second-order valence-corrected chi connectivity index (χ2v) is 4.43. The van der Waals surface area contributed by atoms with Crippen LogP contribution in [0.5, 0.6) is 0 Å². The second kappa shape index (κ2) is 7.31. The van der Waals surface area contributed by atoms with Gasteiger partial charge in [0, 0.05) is 0 Å². The van der Waals surface area contributed by atoms with Gasteiger partial charge < -0.3 is 9.47 Å². The van der Waals surface area contributed by atoms with Crippen molar-refractivity contribution in [2.45, 2.75) is 52.6 Å². The average Bonchev–Trinajstić information content (AvgIpc) is 2.25. The van der Waals surface area contributed by atoms with E-state index in [1.165, 1.54) is 0 Å². The van der Waals surface area contributed by atoms with Crippen LogP contribution in [0.2, 0.25) is 0 Å². The predicted octanol–water partition coefficient (Wildman–Crippen LogP) is 3.93. The molecule has 0 aliphatic heterocycles. The average molecular weight is 228 g/mol. The van der Waals surface area contributed by atoms with Crippen molar-refractivity contribution in [1.29, 1.82) is 0 Å². The van der Waals surface area contributed by atoms with Crippen molar-refractivity contribution in [1.82, 2.24) is 0 Å². The van der Waals surface area contributed by atoms with Gasteiger partial charge in [0.05, 0.1) is 6.61 Å². The monoisotopic (exact) mass is 228 g/mol.